The van der Waals surface area contributed by atoms with Crippen LogP contribution in [-0.2, 0) is 0 Å². The Balaban J connectivity index is 0.000000109. The molecule has 0 atom stereocenters. The van der Waals surface area contributed by atoms with Crippen molar-refractivity contribution in [1.29, 1.82) is 0 Å². The molecule has 9 nitrogen and oxygen atoms in total. The fourth-order valence-corrected chi connectivity index (χ4v) is 23.4. The molecule has 0 radical (unpaired) electrons. The number of rotatable bonds is 13. The first-order valence-electron chi connectivity index (χ1n) is 47.2. The first-order chi connectivity index (χ1) is 69.9. The van der Waals surface area contributed by atoms with Crippen LogP contribution in [0.3, 0.4) is 0 Å². The summed E-state index contributed by atoms with van der Waals surface area (Å²) in [5.41, 5.74) is 18.3. The number of benzene rings is 22. The van der Waals surface area contributed by atoms with Gasteiger partial charge in [0.15, 0.2) is 52.4 Å². The first kappa shape index (κ1) is 83.7. The van der Waals surface area contributed by atoms with Crippen LogP contribution in [0.5, 0.6) is 0 Å². The molecule has 0 aliphatic rings. The molecule has 28 rings (SSSR count). The molecule has 6 aromatic heterocycles. The van der Waals surface area contributed by atoms with Gasteiger partial charge in [-0.3, -0.25) is 0 Å². The Morgan fingerprint density at radius 3 is 0.631 bits per heavy atom. The van der Waals surface area contributed by atoms with Gasteiger partial charge in [-0.15, -0.1) is 34.0 Å². The van der Waals surface area contributed by atoms with Crippen LogP contribution >= 0.6 is 34.0 Å². The van der Waals surface area contributed by atoms with Gasteiger partial charge in [-0.1, -0.05) is 406 Å². The van der Waals surface area contributed by atoms with E-state index in [1.807, 2.05) is 76.5 Å². The molecular formula is C129H79N9S3. The molecule has 0 aliphatic carbocycles. The summed E-state index contributed by atoms with van der Waals surface area (Å²) in [6.45, 7) is 0. The van der Waals surface area contributed by atoms with Gasteiger partial charge in [0.25, 0.3) is 0 Å². The Labute approximate surface area is 823 Å². The predicted molar refractivity (Wildman–Crippen MR) is 594 cm³/mol. The summed E-state index contributed by atoms with van der Waals surface area (Å²) >= 11 is 5.55. The highest BCUT2D eigenvalue weighted by molar-refractivity contribution is 7.26. The molecule has 0 aliphatic heterocycles. The maximum atomic E-state index is 5.18. The second-order valence-electron chi connectivity index (χ2n) is 35.2. The minimum Gasteiger partial charge on any atom is -0.208 e. The topological polar surface area (TPSA) is 116 Å². The van der Waals surface area contributed by atoms with E-state index in [0.717, 1.165) is 88.0 Å². The maximum absolute atomic E-state index is 5.18. The van der Waals surface area contributed by atoms with Gasteiger partial charge in [-0.2, -0.15) is 0 Å². The van der Waals surface area contributed by atoms with Gasteiger partial charge in [0, 0.05) is 111 Å². The zero-order valence-electron chi connectivity index (χ0n) is 75.9. The van der Waals surface area contributed by atoms with Crippen molar-refractivity contribution in [3.8, 4) is 147 Å². The molecule has 141 heavy (non-hydrogen) atoms. The first-order valence-corrected chi connectivity index (χ1v) is 49.6. The summed E-state index contributed by atoms with van der Waals surface area (Å²) in [7, 11) is 0. The summed E-state index contributed by atoms with van der Waals surface area (Å²) in [6.07, 6.45) is 0. The molecule has 22 aromatic carbocycles. The summed E-state index contributed by atoms with van der Waals surface area (Å²) in [5, 5.41) is 21.7. The zero-order chi connectivity index (χ0) is 93.2. The molecule has 658 valence electrons. The third-order valence-electron chi connectivity index (χ3n) is 26.8. The Kier molecular flexibility index (Phi) is 21.3. The summed E-state index contributed by atoms with van der Waals surface area (Å²) < 4.78 is 7.80. The number of aromatic nitrogens is 9. The van der Waals surface area contributed by atoms with Crippen molar-refractivity contribution in [1.82, 2.24) is 44.9 Å². The van der Waals surface area contributed by atoms with Gasteiger partial charge < -0.3 is 0 Å². The monoisotopic (exact) mass is 1850 g/mol. The fraction of sp³-hybridized carbons (Fsp3) is 0. The average Bonchev–Trinajstić information content (AvgIpc) is 1.72. The van der Waals surface area contributed by atoms with E-state index in [1.165, 1.54) is 132 Å². The van der Waals surface area contributed by atoms with E-state index < -0.39 is 0 Å². The molecule has 0 saturated carbocycles. The number of thiophene rings is 3. The van der Waals surface area contributed by atoms with Crippen molar-refractivity contribution < 1.29 is 0 Å². The molecule has 0 spiro atoms. The van der Waals surface area contributed by atoms with E-state index in [-0.39, 0.29) is 0 Å². The van der Waals surface area contributed by atoms with E-state index in [2.05, 4.69) is 437 Å². The molecule has 0 N–H and O–H groups in total. The molecular weight excluding hydrogens is 1770 g/mol. The Bertz CT molecular complexity index is 9690. The SMILES string of the molecule is c1ccc(-c2ccc(-c3nc(-c4ccccc4)nc(-c4ccc(-c5cccc6sc7ccccc7c56)c5ccccc45)n3)cc2)cc1.c1ccc(-c2nc(-c3ccc4ccccc4c3)nc(-c3ccc(-c4cccc5sc6ccccc6c45)c4ccccc34)n2)cc1.c1ccc2cc(-c3nc(-c4ccc5ccccc5c4)nc(-c4ccc(-c5cccc6sc7ccccc7c56)c5ccccc45)n3)ccc2c1. The van der Waals surface area contributed by atoms with Crippen molar-refractivity contribution in [2.75, 3.05) is 0 Å². The minimum absolute atomic E-state index is 0.649. The molecule has 0 saturated heterocycles. The van der Waals surface area contributed by atoms with Crippen molar-refractivity contribution in [3.05, 3.63) is 479 Å². The van der Waals surface area contributed by atoms with E-state index in [0.29, 0.717) is 52.4 Å². The lowest BCUT2D eigenvalue weighted by Crippen LogP contribution is -2.01. The largest absolute Gasteiger partial charge is 0.208 e. The van der Waals surface area contributed by atoms with Gasteiger partial charge in [0.2, 0.25) is 0 Å². The standard InChI is InChI=1S/C45H27N3S.C43H27N3S.C41H25N3S/c1-3-12-30-26-32(22-20-28(30)10-1)43-46-44(33-23-21-29-11-2-4-13-31(29)27-33)48-45(47-43)38-25-24-36(34-14-5-6-15-35(34)38)37-17-9-19-41-42(37)39-16-7-8-18-40(39)49-41;1-3-12-28(13-4-1)29-22-24-31(25-23-29)42-44-41(30-14-5-2-6-15-30)45-43(46-42)36-27-26-34(32-16-7-8-17-33(32)36)35-19-11-21-39-40(35)37-18-9-10-20-38(37)47-39;1-2-12-27(13-3-1)39-42-40(29-22-21-26-11-4-5-14-28(26)25-29)44-41(43-39)34-24-23-32(30-15-6-7-16-31(30)34)33-18-10-20-37-38(33)35-17-8-9-19-36(35)45-37/h1-27H;1-27H;1-25H. The molecule has 12 heteroatoms. The van der Waals surface area contributed by atoms with Crippen LogP contribution in [0.15, 0.2) is 479 Å². The van der Waals surface area contributed by atoms with Gasteiger partial charge >= 0.3 is 0 Å². The Hall–Kier alpha value is -17.9. The minimum atomic E-state index is 0.649. The van der Waals surface area contributed by atoms with Crippen LogP contribution in [0.4, 0.5) is 0 Å². The van der Waals surface area contributed by atoms with E-state index >= 15 is 0 Å². The summed E-state index contributed by atoms with van der Waals surface area (Å²) in [4.78, 5) is 45.8. The number of fused-ring (bicyclic) bond motifs is 15. The van der Waals surface area contributed by atoms with Crippen LogP contribution in [0.25, 0.3) is 272 Å². The van der Waals surface area contributed by atoms with Gasteiger partial charge in [-0.05, 0) is 182 Å². The molecule has 0 unspecified atom stereocenters. The lowest BCUT2D eigenvalue weighted by molar-refractivity contribution is 1.08. The fourth-order valence-electron chi connectivity index (χ4n) is 20.0. The van der Waals surface area contributed by atoms with Crippen LogP contribution in [0, 0.1) is 0 Å². The molecule has 28 aromatic rings. The third-order valence-corrected chi connectivity index (χ3v) is 30.2. The van der Waals surface area contributed by atoms with Crippen LogP contribution in [-0.4, -0.2) is 44.9 Å². The van der Waals surface area contributed by atoms with Gasteiger partial charge in [0.05, 0.1) is 0 Å². The number of hydrogen-bond donors (Lipinski definition) is 0. The van der Waals surface area contributed by atoms with Crippen molar-refractivity contribution in [2.24, 2.45) is 0 Å². The highest BCUT2D eigenvalue weighted by atomic mass is 32.1. The molecule has 6 heterocycles. The smallest absolute Gasteiger partial charge is 0.164 e. The second kappa shape index (κ2) is 36.0. The highest BCUT2D eigenvalue weighted by Crippen LogP contribution is 2.49. The molecule has 0 amide bonds. The number of hydrogen-bond acceptors (Lipinski definition) is 12. The summed E-state index contributed by atoms with van der Waals surface area (Å²) in [5.74, 6) is 5.90. The normalized spacial score (nSPS) is 11.5. The number of nitrogens with zero attached hydrogens (tertiary/aromatic N) is 9. The average molecular weight is 1850 g/mol. The Morgan fingerprint density at radius 2 is 0.319 bits per heavy atom. The van der Waals surface area contributed by atoms with Crippen molar-refractivity contribution in [2.45, 2.75) is 0 Å². The van der Waals surface area contributed by atoms with Crippen LogP contribution in [0.1, 0.15) is 0 Å². The lowest BCUT2D eigenvalue weighted by Gasteiger charge is -2.14. The van der Waals surface area contributed by atoms with Gasteiger partial charge in [-0.25, -0.2) is 44.9 Å². The van der Waals surface area contributed by atoms with Crippen LogP contribution < -0.4 is 0 Å². The third kappa shape index (κ3) is 15.7. The molecule has 0 fully saturated rings. The zero-order valence-corrected chi connectivity index (χ0v) is 78.3. The van der Waals surface area contributed by atoms with E-state index in [1.54, 1.807) is 0 Å². The van der Waals surface area contributed by atoms with Crippen molar-refractivity contribution in [3.63, 3.8) is 0 Å². The van der Waals surface area contributed by atoms with Gasteiger partial charge in [0.1, 0.15) is 0 Å². The summed E-state index contributed by atoms with van der Waals surface area (Å²) in [6, 6.07) is 169. The second-order valence-corrected chi connectivity index (χ2v) is 38.5. The van der Waals surface area contributed by atoms with Crippen molar-refractivity contribution >= 4 is 159 Å². The van der Waals surface area contributed by atoms with E-state index in [9.17, 15) is 0 Å². The Morgan fingerprint density at radius 1 is 0.113 bits per heavy atom. The quantitative estimate of drug-likeness (QED) is 0.111. The van der Waals surface area contributed by atoms with Crippen LogP contribution in [0.2, 0.25) is 0 Å². The van der Waals surface area contributed by atoms with E-state index in [4.69, 9.17) is 44.9 Å². The highest BCUT2D eigenvalue weighted by Gasteiger charge is 2.25. The predicted octanol–water partition coefficient (Wildman–Crippen LogP) is 35.3. The maximum Gasteiger partial charge on any atom is 0.164 e. The lowest BCUT2D eigenvalue weighted by atomic mass is 9.92. The molecule has 0 bridgehead atoms.